The standard InChI is InChI=1S/C10H13NO2/c12-9-3-2-8(10(13)6-9)7-11-4-1-5-11/h2-3,6,12-13H,1,4-5,7H2. The molecule has 0 amide bonds. The summed E-state index contributed by atoms with van der Waals surface area (Å²) in [7, 11) is 0. The fraction of sp³-hybridized carbons (Fsp3) is 0.400. The molecule has 3 heteroatoms. The highest BCUT2D eigenvalue weighted by Gasteiger charge is 2.15. The van der Waals surface area contributed by atoms with Gasteiger partial charge in [0.25, 0.3) is 0 Å². The second kappa shape index (κ2) is 3.26. The summed E-state index contributed by atoms with van der Waals surface area (Å²) in [6, 6.07) is 4.76. The lowest BCUT2D eigenvalue weighted by Crippen LogP contribution is -2.36. The number of hydrogen-bond donors (Lipinski definition) is 2. The van der Waals surface area contributed by atoms with Crippen LogP contribution < -0.4 is 0 Å². The lowest BCUT2D eigenvalue weighted by atomic mass is 10.1. The van der Waals surface area contributed by atoms with Gasteiger partial charge >= 0.3 is 0 Å². The summed E-state index contributed by atoms with van der Waals surface area (Å²) in [6.45, 7) is 3.01. The molecule has 13 heavy (non-hydrogen) atoms. The summed E-state index contributed by atoms with van der Waals surface area (Å²) >= 11 is 0. The Morgan fingerprint density at radius 2 is 2.00 bits per heavy atom. The maximum absolute atomic E-state index is 9.47. The Kier molecular flexibility index (Phi) is 2.10. The van der Waals surface area contributed by atoms with Crippen molar-refractivity contribution >= 4 is 0 Å². The number of phenolic OH excluding ortho intramolecular Hbond substituents is 2. The summed E-state index contributed by atoms with van der Waals surface area (Å²) in [4.78, 5) is 2.26. The monoisotopic (exact) mass is 179 g/mol. The largest absolute Gasteiger partial charge is 0.508 e. The summed E-state index contributed by atoms with van der Waals surface area (Å²) < 4.78 is 0. The van der Waals surface area contributed by atoms with Gasteiger partial charge in [0.2, 0.25) is 0 Å². The number of rotatable bonds is 2. The molecule has 0 radical (unpaired) electrons. The molecule has 1 aliphatic heterocycles. The molecule has 1 saturated heterocycles. The quantitative estimate of drug-likeness (QED) is 0.719. The molecule has 2 rings (SSSR count). The SMILES string of the molecule is Oc1ccc(CN2CCC2)c(O)c1. The molecule has 1 aromatic rings. The lowest BCUT2D eigenvalue weighted by molar-refractivity contribution is 0.171. The van der Waals surface area contributed by atoms with E-state index in [0.717, 1.165) is 25.2 Å². The van der Waals surface area contributed by atoms with Crippen molar-refractivity contribution in [2.45, 2.75) is 13.0 Å². The molecule has 70 valence electrons. The van der Waals surface area contributed by atoms with Crippen molar-refractivity contribution in [1.29, 1.82) is 0 Å². The molecule has 1 aliphatic rings. The molecular formula is C10H13NO2. The lowest BCUT2D eigenvalue weighted by Gasteiger charge is -2.30. The van der Waals surface area contributed by atoms with E-state index < -0.39 is 0 Å². The first-order valence-corrected chi connectivity index (χ1v) is 4.49. The second-order valence-electron chi connectivity index (χ2n) is 3.44. The second-order valence-corrected chi connectivity index (χ2v) is 3.44. The van der Waals surface area contributed by atoms with Gasteiger partial charge in [0.15, 0.2) is 0 Å². The Balaban J connectivity index is 2.10. The maximum Gasteiger partial charge on any atom is 0.123 e. The zero-order valence-electron chi connectivity index (χ0n) is 7.40. The van der Waals surface area contributed by atoms with Crippen LogP contribution in [0.5, 0.6) is 11.5 Å². The van der Waals surface area contributed by atoms with Crippen molar-refractivity contribution in [3.05, 3.63) is 23.8 Å². The molecule has 0 saturated carbocycles. The molecule has 0 bridgehead atoms. The third kappa shape index (κ3) is 1.75. The van der Waals surface area contributed by atoms with Crippen LogP contribution in [0.25, 0.3) is 0 Å². The number of hydrogen-bond acceptors (Lipinski definition) is 3. The fourth-order valence-electron chi connectivity index (χ4n) is 1.47. The Hall–Kier alpha value is -1.22. The number of nitrogens with zero attached hydrogens (tertiary/aromatic N) is 1. The maximum atomic E-state index is 9.47. The van der Waals surface area contributed by atoms with Crippen LogP contribution in [0, 0.1) is 0 Å². The Morgan fingerprint density at radius 3 is 2.54 bits per heavy atom. The highest BCUT2D eigenvalue weighted by Crippen LogP contribution is 2.24. The van der Waals surface area contributed by atoms with Gasteiger partial charge in [0.1, 0.15) is 11.5 Å². The van der Waals surface area contributed by atoms with E-state index in [1.807, 2.05) is 0 Å². The van der Waals surface area contributed by atoms with E-state index in [2.05, 4.69) is 4.90 Å². The first kappa shape index (κ1) is 8.38. The number of benzene rings is 1. The van der Waals surface area contributed by atoms with E-state index in [0.29, 0.717) is 0 Å². The zero-order chi connectivity index (χ0) is 9.26. The van der Waals surface area contributed by atoms with Crippen LogP contribution in [0.4, 0.5) is 0 Å². The first-order valence-electron chi connectivity index (χ1n) is 4.49. The van der Waals surface area contributed by atoms with Crippen molar-refractivity contribution in [3.63, 3.8) is 0 Å². The van der Waals surface area contributed by atoms with Gasteiger partial charge in [0, 0.05) is 18.2 Å². The van der Waals surface area contributed by atoms with Gasteiger partial charge in [-0.3, -0.25) is 4.90 Å². The van der Waals surface area contributed by atoms with E-state index in [-0.39, 0.29) is 11.5 Å². The third-order valence-corrected chi connectivity index (χ3v) is 2.41. The predicted octanol–water partition coefficient (Wildman–Crippen LogP) is 1.30. The highest BCUT2D eigenvalue weighted by molar-refractivity contribution is 5.38. The van der Waals surface area contributed by atoms with Crippen molar-refractivity contribution < 1.29 is 10.2 Å². The van der Waals surface area contributed by atoms with Gasteiger partial charge in [0.05, 0.1) is 0 Å². The first-order chi connectivity index (χ1) is 6.25. The molecule has 1 heterocycles. The van der Waals surface area contributed by atoms with Crippen LogP contribution in [0.3, 0.4) is 0 Å². The van der Waals surface area contributed by atoms with Crippen molar-refractivity contribution in [2.75, 3.05) is 13.1 Å². The minimum absolute atomic E-state index is 0.116. The Bertz CT molecular complexity index is 308. The predicted molar refractivity (Wildman–Crippen MR) is 49.7 cm³/mol. The number of aromatic hydroxyl groups is 2. The minimum atomic E-state index is 0.116. The van der Waals surface area contributed by atoms with Crippen molar-refractivity contribution in [1.82, 2.24) is 4.90 Å². The third-order valence-electron chi connectivity index (χ3n) is 2.41. The highest BCUT2D eigenvalue weighted by atomic mass is 16.3. The smallest absolute Gasteiger partial charge is 0.123 e. The van der Waals surface area contributed by atoms with Crippen LogP contribution in [0.1, 0.15) is 12.0 Å². The van der Waals surface area contributed by atoms with E-state index in [4.69, 9.17) is 5.11 Å². The molecule has 0 aromatic heterocycles. The molecule has 0 unspecified atom stereocenters. The Labute approximate surface area is 77.2 Å². The number of phenols is 2. The van der Waals surface area contributed by atoms with Gasteiger partial charge < -0.3 is 10.2 Å². The average molecular weight is 179 g/mol. The fourth-order valence-corrected chi connectivity index (χ4v) is 1.47. The summed E-state index contributed by atoms with van der Waals surface area (Å²) in [5.41, 5.74) is 0.887. The molecule has 1 aromatic carbocycles. The van der Waals surface area contributed by atoms with Crippen LogP contribution >= 0.6 is 0 Å². The molecule has 0 spiro atoms. The zero-order valence-corrected chi connectivity index (χ0v) is 7.40. The van der Waals surface area contributed by atoms with E-state index in [9.17, 15) is 5.11 Å². The molecule has 2 N–H and O–H groups in total. The van der Waals surface area contributed by atoms with Crippen LogP contribution in [0.2, 0.25) is 0 Å². The van der Waals surface area contributed by atoms with E-state index in [1.165, 1.54) is 12.5 Å². The molecular weight excluding hydrogens is 166 g/mol. The molecule has 3 nitrogen and oxygen atoms in total. The Morgan fingerprint density at radius 1 is 1.23 bits per heavy atom. The van der Waals surface area contributed by atoms with Gasteiger partial charge in [-0.1, -0.05) is 6.07 Å². The van der Waals surface area contributed by atoms with Crippen LogP contribution in [-0.2, 0) is 6.54 Å². The van der Waals surface area contributed by atoms with Gasteiger partial charge in [-0.25, -0.2) is 0 Å². The van der Waals surface area contributed by atoms with Crippen LogP contribution in [-0.4, -0.2) is 28.2 Å². The topological polar surface area (TPSA) is 43.7 Å². The molecule has 0 atom stereocenters. The average Bonchev–Trinajstić information content (AvgIpc) is 1.99. The van der Waals surface area contributed by atoms with Crippen molar-refractivity contribution in [2.24, 2.45) is 0 Å². The van der Waals surface area contributed by atoms with Gasteiger partial charge in [-0.15, -0.1) is 0 Å². The van der Waals surface area contributed by atoms with E-state index >= 15 is 0 Å². The van der Waals surface area contributed by atoms with Gasteiger partial charge in [-0.2, -0.15) is 0 Å². The summed E-state index contributed by atoms with van der Waals surface area (Å²) in [6.07, 6.45) is 1.25. The van der Waals surface area contributed by atoms with E-state index in [1.54, 1.807) is 12.1 Å². The van der Waals surface area contributed by atoms with Crippen LogP contribution in [0.15, 0.2) is 18.2 Å². The normalized spacial score (nSPS) is 16.9. The summed E-state index contributed by atoms with van der Waals surface area (Å²) in [5.74, 6) is 0.303. The molecule has 0 aliphatic carbocycles. The van der Waals surface area contributed by atoms with Gasteiger partial charge in [-0.05, 0) is 25.6 Å². The minimum Gasteiger partial charge on any atom is -0.508 e. The summed E-state index contributed by atoms with van der Waals surface area (Å²) in [5, 5.41) is 18.5. The number of likely N-dealkylation sites (tertiary alicyclic amines) is 1. The molecule has 1 fully saturated rings. The van der Waals surface area contributed by atoms with Crippen molar-refractivity contribution in [3.8, 4) is 11.5 Å².